The fourth-order valence-electron chi connectivity index (χ4n) is 6.65. The van der Waals surface area contributed by atoms with Crippen LogP contribution in [0.25, 0.3) is 11.4 Å². The molecule has 1 aromatic heterocycles. The van der Waals surface area contributed by atoms with Crippen molar-refractivity contribution in [3.63, 3.8) is 0 Å². The molecule has 48 heavy (non-hydrogen) atoms. The Morgan fingerprint density at radius 1 is 1.04 bits per heavy atom. The zero-order valence-corrected chi connectivity index (χ0v) is 27.2. The molecule has 3 aromatic rings. The molecule has 4 saturated heterocycles. The number of hydrogen-bond acceptors (Lipinski definition) is 12. The van der Waals surface area contributed by atoms with Gasteiger partial charge in [-0.3, -0.25) is 9.69 Å². The van der Waals surface area contributed by atoms with Gasteiger partial charge in [-0.15, -0.1) is 0 Å². The summed E-state index contributed by atoms with van der Waals surface area (Å²) in [5, 5.41) is 13.1. The van der Waals surface area contributed by atoms with Gasteiger partial charge in [0.05, 0.1) is 48.8 Å². The number of alkyl halides is 1. The first-order valence-corrected chi connectivity index (χ1v) is 18.0. The lowest BCUT2D eigenvalue weighted by Gasteiger charge is -2.43. The van der Waals surface area contributed by atoms with Gasteiger partial charge in [0.2, 0.25) is 11.9 Å². The number of nitriles is 1. The van der Waals surface area contributed by atoms with E-state index in [0.717, 1.165) is 50.8 Å². The van der Waals surface area contributed by atoms with Crippen LogP contribution in [-0.4, -0.2) is 121 Å². The number of sulfone groups is 1. The lowest BCUT2D eigenvalue weighted by molar-refractivity contribution is -0.138. The Balaban J connectivity index is 0.954. The maximum absolute atomic E-state index is 15.2. The van der Waals surface area contributed by atoms with Crippen molar-refractivity contribution in [3.05, 3.63) is 54.4 Å². The normalized spacial score (nSPS) is 24.5. The van der Waals surface area contributed by atoms with Gasteiger partial charge in [-0.05, 0) is 48.9 Å². The lowest BCUT2D eigenvalue weighted by atomic mass is 10.0. The van der Waals surface area contributed by atoms with Crippen molar-refractivity contribution in [2.24, 2.45) is 5.92 Å². The first-order chi connectivity index (χ1) is 23.2. The van der Waals surface area contributed by atoms with Crippen LogP contribution in [0.5, 0.6) is 5.75 Å². The molecule has 0 aliphatic carbocycles. The summed E-state index contributed by atoms with van der Waals surface area (Å²) >= 11 is 0. The molecule has 0 saturated carbocycles. The van der Waals surface area contributed by atoms with Crippen molar-refractivity contribution in [3.8, 4) is 23.2 Å². The monoisotopic (exact) mass is 676 g/mol. The van der Waals surface area contributed by atoms with Gasteiger partial charge in [-0.2, -0.15) is 10.2 Å². The van der Waals surface area contributed by atoms with E-state index in [4.69, 9.17) is 9.47 Å². The molecule has 4 aliphatic rings. The minimum atomic E-state index is -3.22. The molecule has 1 N–H and O–H groups in total. The number of nitrogens with zero attached hydrogens (tertiary/aromatic N) is 7. The second-order valence-electron chi connectivity index (χ2n) is 12.7. The Labute approximate surface area is 278 Å². The predicted molar refractivity (Wildman–Crippen MR) is 175 cm³/mol. The van der Waals surface area contributed by atoms with Crippen LogP contribution in [0.1, 0.15) is 18.4 Å². The van der Waals surface area contributed by atoms with Crippen molar-refractivity contribution >= 4 is 33.1 Å². The molecule has 2 aromatic carbocycles. The van der Waals surface area contributed by atoms with Gasteiger partial charge in [0, 0.05) is 56.1 Å². The molecule has 0 radical (unpaired) electrons. The fourth-order valence-corrected chi connectivity index (χ4v) is 8.38. The highest BCUT2D eigenvalue weighted by Gasteiger charge is 2.39. The van der Waals surface area contributed by atoms with Gasteiger partial charge in [0.1, 0.15) is 24.3 Å². The number of anilines is 3. The first-order valence-electron chi connectivity index (χ1n) is 16.2. The Morgan fingerprint density at radius 2 is 1.83 bits per heavy atom. The van der Waals surface area contributed by atoms with E-state index in [0.29, 0.717) is 23.4 Å². The summed E-state index contributed by atoms with van der Waals surface area (Å²) in [6, 6.07) is 15.7. The fraction of sp³-hybridized carbons (Fsp3) is 0.485. The van der Waals surface area contributed by atoms with Gasteiger partial charge in [-0.25, -0.2) is 22.8 Å². The van der Waals surface area contributed by atoms with E-state index in [9.17, 15) is 18.5 Å². The molecule has 0 spiro atoms. The van der Waals surface area contributed by atoms with E-state index in [1.807, 2.05) is 12.1 Å². The number of amides is 1. The van der Waals surface area contributed by atoms with Crippen LogP contribution in [0.3, 0.4) is 0 Å². The number of nitrogens with one attached hydrogen (secondary N) is 1. The Hall–Kier alpha value is -4.39. The van der Waals surface area contributed by atoms with E-state index in [-0.39, 0.29) is 54.7 Å². The number of rotatable bonds is 8. The second kappa shape index (κ2) is 13.6. The van der Waals surface area contributed by atoms with Gasteiger partial charge in [0.25, 0.3) is 0 Å². The van der Waals surface area contributed by atoms with E-state index < -0.39 is 28.0 Å². The van der Waals surface area contributed by atoms with Crippen molar-refractivity contribution in [2.45, 2.75) is 31.2 Å². The number of piperazine rings is 1. The molecular weight excluding hydrogens is 639 g/mol. The average molecular weight is 677 g/mol. The van der Waals surface area contributed by atoms with Crippen LogP contribution in [0, 0.1) is 17.2 Å². The SMILES string of the molecule is N#Cc1cc(-c2ncnc(Nc3ccc(N4CCN(C5COC5)CC4)cc3)n2)ccc1O[C@H]1CCN(C(=O)C2CCS(=O)(=O)C2)C[C@H]1F. The molecule has 5 heterocycles. The third-order valence-corrected chi connectivity index (χ3v) is 11.3. The predicted octanol–water partition coefficient (Wildman–Crippen LogP) is 2.43. The highest BCUT2D eigenvalue weighted by atomic mass is 32.2. The molecule has 4 fully saturated rings. The number of ether oxygens (including phenoxy) is 2. The van der Waals surface area contributed by atoms with E-state index >= 15 is 4.39 Å². The molecule has 3 atom stereocenters. The van der Waals surface area contributed by atoms with Gasteiger partial charge in [0.15, 0.2) is 21.8 Å². The molecule has 15 heteroatoms. The van der Waals surface area contributed by atoms with Gasteiger partial charge < -0.3 is 24.6 Å². The number of carbonyl (C=O) groups is 1. The third kappa shape index (κ3) is 7.06. The highest BCUT2D eigenvalue weighted by Crippen LogP contribution is 2.30. The average Bonchev–Trinajstić information content (AvgIpc) is 3.45. The molecule has 7 rings (SSSR count). The number of aromatic nitrogens is 3. The van der Waals surface area contributed by atoms with Gasteiger partial charge >= 0.3 is 0 Å². The number of likely N-dealkylation sites (tertiary alicyclic amines) is 1. The molecule has 13 nitrogen and oxygen atoms in total. The van der Waals surface area contributed by atoms with Crippen LogP contribution >= 0.6 is 0 Å². The van der Waals surface area contributed by atoms with Crippen LogP contribution in [0.4, 0.5) is 21.7 Å². The van der Waals surface area contributed by atoms with E-state index in [1.165, 1.54) is 11.2 Å². The smallest absolute Gasteiger partial charge is 0.230 e. The quantitative estimate of drug-likeness (QED) is 0.373. The summed E-state index contributed by atoms with van der Waals surface area (Å²) < 4.78 is 50.0. The van der Waals surface area contributed by atoms with Crippen molar-refractivity contribution in [1.29, 1.82) is 5.26 Å². The van der Waals surface area contributed by atoms with Crippen LogP contribution in [-0.2, 0) is 19.4 Å². The molecule has 1 amide bonds. The summed E-state index contributed by atoms with van der Waals surface area (Å²) in [5.41, 5.74) is 2.75. The summed E-state index contributed by atoms with van der Waals surface area (Å²) in [6.45, 7) is 5.73. The number of halogens is 1. The first kappa shape index (κ1) is 32.2. The second-order valence-corrected chi connectivity index (χ2v) is 14.9. The Kier molecular flexibility index (Phi) is 9.13. The standard InChI is InChI=1S/C33H37FN8O5S/c34-28-17-42(32(43)23-8-14-48(44,45)20-23)9-7-30(28)47-29-6-1-22(15-24(29)16-35)31-36-21-37-33(39-31)38-25-2-4-26(5-3-25)40-10-12-41(13-11-40)27-18-46-19-27/h1-6,15,21,23,27-28,30H,7-14,17-20H2,(H,36,37,38,39)/t23?,28-,30+/m1/s1. The zero-order chi connectivity index (χ0) is 33.3. The Bertz CT molecular complexity index is 1790. The maximum Gasteiger partial charge on any atom is 0.230 e. The summed E-state index contributed by atoms with van der Waals surface area (Å²) in [7, 11) is -3.22. The summed E-state index contributed by atoms with van der Waals surface area (Å²) in [5.74, 6) is -0.216. The summed E-state index contributed by atoms with van der Waals surface area (Å²) in [6.07, 6.45) is -0.462. The van der Waals surface area contributed by atoms with Crippen molar-refractivity contribution < 1.29 is 27.1 Å². The van der Waals surface area contributed by atoms with Gasteiger partial charge in [-0.1, -0.05) is 0 Å². The van der Waals surface area contributed by atoms with E-state index in [2.05, 4.69) is 48.3 Å². The molecule has 252 valence electrons. The Morgan fingerprint density at radius 3 is 2.50 bits per heavy atom. The molecular formula is C33H37FN8O5S. The minimum Gasteiger partial charge on any atom is -0.486 e. The maximum atomic E-state index is 15.2. The zero-order valence-electron chi connectivity index (χ0n) is 26.4. The van der Waals surface area contributed by atoms with Crippen molar-refractivity contribution in [2.75, 3.05) is 74.2 Å². The number of benzene rings is 2. The molecule has 4 aliphatic heterocycles. The highest BCUT2D eigenvalue weighted by molar-refractivity contribution is 7.91. The van der Waals surface area contributed by atoms with Crippen LogP contribution < -0.4 is 15.0 Å². The molecule has 1 unspecified atom stereocenters. The number of carbonyl (C=O) groups excluding carboxylic acids is 1. The summed E-state index contributed by atoms with van der Waals surface area (Å²) in [4.78, 5) is 32.1. The van der Waals surface area contributed by atoms with Crippen LogP contribution in [0.15, 0.2) is 48.8 Å². The lowest BCUT2D eigenvalue weighted by Crippen LogP contribution is -2.56. The minimum absolute atomic E-state index is 0.0130. The topological polar surface area (TPSA) is 154 Å². The van der Waals surface area contributed by atoms with E-state index in [1.54, 1.807) is 18.2 Å². The third-order valence-electron chi connectivity index (χ3n) is 9.52. The number of hydrogen-bond donors (Lipinski definition) is 1. The van der Waals surface area contributed by atoms with Crippen LogP contribution in [0.2, 0.25) is 0 Å². The largest absolute Gasteiger partial charge is 0.486 e. The molecule has 0 bridgehead atoms. The number of piperidine rings is 1. The van der Waals surface area contributed by atoms with Crippen molar-refractivity contribution in [1.82, 2.24) is 24.8 Å².